The molecular formula is C16H23ClN2O. The Hall–Kier alpha value is -0.770. The first-order chi connectivity index (χ1) is 9.63. The van der Waals surface area contributed by atoms with Crippen LogP contribution in [0, 0.1) is 0 Å². The van der Waals surface area contributed by atoms with Gasteiger partial charge >= 0.3 is 0 Å². The lowest BCUT2D eigenvalue weighted by atomic mass is 10.1. The maximum Gasteiger partial charge on any atom is 0.127 e. The van der Waals surface area contributed by atoms with Crippen LogP contribution in [0.2, 0.25) is 5.02 Å². The number of benzene rings is 1. The zero-order valence-electron chi connectivity index (χ0n) is 12.3. The first kappa shape index (κ1) is 14.2. The highest BCUT2D eigenvalue weighted by Crippen LogP contribution is 2.34. The van der Waals surface area contributed by atoms with Crippen LogP contribution < -0.4 is 10.1 Å². The van der Waals surface area contributed by atoms with Crippen LogP contribution in [0.5, 0.6) is 5.75 Å². The number of hydrogen-bond donors (Lipinski definition) is 1. The number of fused-ring (bicyclic) bond motifs is 1. The molecule has 2 aliphatic rings. The molecule has 1 saturated heterocycles. The molecule has 0 amide bonds. The molecule has 2 atom stereocenters. The van der Waals surface area contributed by atoms with Gasteiger partial charge in [0, 0.05) is 42.2 Å². The number of nitrogens with one attached hydrogen (secondary N) is 1. The van der Waals surface area contributed by atoms with Gasteiger partial charge in [-0.1, -0.05) is 11.6 Å². The molecule has 2 unspecified atom stereocenters. The molecule has 2 aliphatic heterocycles. The summed E-state index contributed by atoms with van der Waals surface area (Å²) in [7, 11) is 0. The number of halogens is 1. The summed E-state index contributed by atoms with van der Waals surface area (Å²) in [6.45, 7) is 8.45. The van der Waals surface area contributed by atoms with Gasteiger partial charge in [-0.25, -0.2) is 0 Å². The van der Waals surface area contributed by atoms with Crippen molar-refractivity contribution < 1.29 is 4.74 Å². The van der Waals surface area contributed by atoms with Crippen molar-refractivity contribution in [1.29, 1.82) is 0 Å². The monoisotopic (exact) mass is 294 g/mol. The van der Waals surface area contributed by atoms with Crippen molar-refractivity contribution in [1.82, 2.24) is 10.2 Å². The Morgan fingerprint density at radius 3 is 3.10 bits per heavy atom. The zero-order valence-corrected chi connectivity index (χ0v) is 13.0. The summed E-state index contributed by atoms with van der Waals surface area (Å²) in [6.07, 6.45) is 2.17. The molecule has 1 fully saturated rings. The highest BCUT2D eigenvalue weighted by Gasteiger charge is 2.24. The maximum atomic E-state index is 6.26. The van der Waals surface area contributed by atoms with Gasteiger partial charge in [0.1, 0.15) is 5.75 Å². The Balaban J connectivity index is 1.83. The summed E-state index contributed by atoms with van der Waals surface area (Å²) in [5.41, 5.74) is 2.51. The number of ether oxygens (including phenoxy) is 1. The summed E-state index contributed by atoms with van der Waals surface area (Å²) >= 11 is 6.26. The number of nitrogens with zero attached hydrogens (tertiary/aromatic N) is 1. The van der Waals surface area contributed by atoms with Crippen LogP contribution in [0.15, 0.2) is 12.1 Å². The average molecular weight is 295 g/mol. The second-order valence-electron chi connectivity index (χ2n) is 6.07. The number of rotatable bonds is 2. The van der Waals surface area contributed by atoms with E-state index in [4.69, 9.17) is 16.3 Å². The van der Waals surface area contributed by atoms with Gasteiger partial charge in [0.2, 0.25) is 0 Å². The van der Waals surface area contributed by atoms with Crippen molar-refractivity contribution in [2.75, 3.05) is 19.7 Å². The van der Waals surface area contributed by atoms with Crippen LogP contribution in [-0.4, -0.2) is 36.7 Å². The van der Waals surface area contributed by atoms with Gasteiger partial charge in [0.15, 0.2) is 0 Å². The van der Waals surface area contributed by atoms with Crippen LogP contribution >= 0.6 is 11.6 Å². The van der Waals surface area contributed by atoms with Gasteiger partial charge in [-0.3, -0.25) is 4.90 Å². The molecule has 4 heteroatoms. The molecule has 3 rings (SSSR count). The molecule has 20 heavy (non-hydrogen) atoms. The minimum Gasteiger partial charge on any atom is -0.493 e. The number of hydrogen-bond acceptors (Lipinski definition) is 3. The Morgan fingerprint density at radius 1 is 1.40 bits per heavy atom. The predicted octanol–water partition coefficient (Wildman–Crippen LogP) is 2.85. The third-order valence-electron chi connectivity index (χ3n) is 4.39. The van der Waals surface area contributed by atoms with E-state index >= 15 is 0 Å². The van der Waals surface area contributed by atoms with Gasteiger partial charge in [-0.15, -0.1) is 0 Å². The molecule has 2 heterocycles. The van der Waals surface area contributed by atoms with E-state index in [2.05, 4.69) is 30.1 Å². The van der Waals surface area contributed by atoms with Gasteiger partial charge < -0.3 is 10.1 Å². The fourth-order valence-corrected chi connectivity index (χ4v) is 3.48. The van der Waals surface area contributed by atoms with Crippen molar-refractivity contribution in [3.8, 4) is 5.75 Å². The van der Waals surface area contributed by atoms with E-state index in [-0.39, 0.29) is 0 Å². The first-order valence-corrected chi connectivity index (χ1v) is 7.93. The summed E-state index contributed by atoms with van der Waals surface area (Å²) in [5.74, 6) is 1.08. The molecule has 0 bridgehead atoms. The lowest BCUT2D eigenvalue weighted by Crippen LogP contribution is -2.38. The fraction of sp³-hybridized carbons (Fsp3) is 0.625. The van der Waals surface area contributed by atoms with Crippen molar-refractivity contribution in [2.45, 2.75) is 45.3 Å². The molecule has 1 aromatic rings. The molecule has 0 aliphatic carbocycles. The van der Waals surface area contributed by atoms with Crippen molar-refractivity contribution in [2.24, 2.45) is 0 Å². The van der Waals surface area contributed by atoms with E-state index in [0.29, 0.717) is 12.1 Å². The molecule has 110 valence electrons. The van der Waals surface area contributed by atoms with E-state index in [0.717, 1.165) is 43.4 Å². The minimum absolute atomic E-state index is 0.535. The summed E-state index contributed by atoms with van der Waals surface area (Å²) in [5, 5.41) is 4.39. The molecule has 1 N–H and O–H groups in total. The van der Waals surface area contributed by atoms with Crippen LogP contribution in [-0.2, 0) is 13.0 Å². The Morgan fingerprint density at radius 2 is 2.25 bits per heavy atom. The largest absolute Gasteiger partial charge is 0.493 e. The second-order valence-corrected chi connectivity index (χ2v) is 6.51. The highest BCUT2D eigenvalue weighted by molar-refractivity contribution is 6.30. The topological polar surface area (TPSA) is 24.5 Å². The molecule has 0 spiro atoms. The van der Waals surface area contributed by atoms with Crippen molar-refractivity contribution in [3.05, 3.63) is 28.3 Å². The van der Waals surface area contributed by atoms with E-state index in [9.17, 15) is 0 Å². The van der Waals surface area contributed by atoms with Gasteiger partial charge in [-0.2, -0.15) is 0 Å². The van der Waals surface area contributed by atoms with E-state index in [1.165, 1.54) is 17.5 Å². The van der Waals surface area contributed by atoms with Crippen LogP contribution in [0.3, 0.4) is 0 Å². The van der Waals surface area contributed by atoms with Crippen LogP contribution in [0.1, 0.15) is 31.4 Å². The Kier molecular flexibility index (Phi) is 4.20. The molecule has 3 nitrogen and oxygen atoms in total. The third-order valence-corrected chi connectivity index (χ3v) is 4.60. The van der Waals surface area contributed by atoms with E-state index < -0.39 is 0 Å². The fourth-order valence-electron chi connectivity index (χ4n) is 3.22. The standard InChI is InChI=1S/C16H23ClN2O/c1-11-9-19(12(2)3-5-18-11)10-14-8-15(17)7-13-4-6-20-16(13)14/h7-8,11-12,18H,3-6,9-10H2,1-2H3. The smallest absolute Gasteiger partial charge is 0.127 e. The molecule has 0 aromatic heterocycles. The highest BCUT2D eigenvalue weighted by atomic mass is 35.5. The minimum atomic E-state index is 0.535. The molecule has 0 saturated carbocycles. The SMILES string of the molecule is CC1CN(Cc2cc(Cl)cc3c2OCC3)C(C)CCN1. The predicted molar refractivity (Wildman–Crippen MR) is 82.6 cm³/mol. The third kappa shape index (κ3) is 2.95. The van der Waals surface area contributed by atoms with Crippen LogP contribution in [0.4, 0.5) is 0 Å². The van der Waals surface area contributed by atoms with E-state index in [1.807, 2.05) is 6.07 Å². The summed E-state index contributed by atoms with van der Waals surface area (Å²) in [4.78, 5) is 2.54. The molecule has 0 radical (unpaired) electrons. The Labute approximate surface area is 126 Å². The van der Waals surface area contributed by atoms with Crippen LogP contribution in [0.25, 0.3) is 0 Å². The summed E-state index contributed by atoms with van der Waals surface area (Å²) < 4.78 is 5.82. The first-order valence-electron chi connectivity index (χ1n) is 7.55. The van der Waals surface area contributed by atoms with Crippen molar-refractivity contribution in [3.63, 3.8) is 0 Å². The zero-order chi connectivity index (χ0) is 14.1. The van der Waals surface area contributed by atoms with Gasteiger partial charge in [0.05, 0.1) is 6.61 Å². The van der Waals surface area contributed by atoms with Crippen molar-refractivity contribution >= 4 is 11.6 Å². The Bertz CT molecular complexity index is 492. The second kappa shape index (κ2) is 5.92. The van der Waals surface area contributed by atoms with Gasteiger partial charge in [0.25, 0.3) is 0 Å². The quantitative estimate of drug-likeness (QED) is 0.908. The molecular weight excluding hydrogens is 272 g/mol. The lowest BCUT2D eigenvalue weighted by molar-refractivity contribution is 0.196. The summed E-state index contributed by atoms with van der Waals surface area (Å²) in [6, 6.07) is 5.24. The normalized spacial score (nSPS) is 26.9. The van der Waals surface area contributed by atoms with E-state index in [1.54, 1.807) is 0 Å². The molecule has 1 aromatic carbocycles. The van der Waals surface area contributed by atoms with Gasteiger partial charge in [-0.05, 0) is 44.5 Å². The average Bonchev–Trinajstić information content (AvgIpc) is 2.79. The lowest BCUT2D eigenvalue weighted by Gasteiger charge is -2.28. The maximum absolute atomic E-state index is 6.26.